The SMILES string of the molecule is COc1ccc(OCCSCC(=O)Nc2ccccc2C)cc1. The van der Waals surface area contributed by atoms with Crippen LogP contribution in [0.15, 0.2) is 48.5 Å². The molecule has 122 valence electrons. The molecule has 0 atom stereocenters. The van der Waals surface area contributed by atoms with Crippen molar-refractivity contribution in [2.75, 3.05) is 30.5 Å². The number of anilines is 1. The largest absolute Gasteiger partial charge is 0.497 e. The summed E-state index contributed by atoms with van der Waals surface area (Å²) in [4.78, 5) is 11.9. The summed E-state index contributed by atoms with van der Waals surface area (Å²) in [5.41, 5.74) is 1.93. The molecule has 2 rings (SSSR count). The number of carbonyl (C=O) groups is 1. The highest BCUT2D eigenvalue weighted by Crippen LogP contribution is 2.17. The second-order valence-corrected chi connectivity index (χ2v) is 6.04. The molecule has 0 unspecified atom stereocenters. The van der Waals surface area contributed by atoms with Gasteiger partial charge in [-0.25, -0.2) is 0 Å². The molecule has 0 aromatic heterocycles. The highest BCUT2D eigenvalue weighted by Gasteiger charge is 2.04. The number of rotatable bonds is 8. The Morgan fingerprint density at radius 2 is 1.78 bits per heavy atom. The van der Waals surface area contributed by atoms with E-state index in [2.05, 4.69) is 5.32 Å². The van der Waals surface area contributed by atoms with Gasteiger partial charge >= 0.3 is 0 Å². The fourth-order valence-corrected chi connectivity index (χ4v) is 2.56. The topological polar surface area (TPSA) is 47.6 Å². The molecule has 1 N–H and O–H groups in total. The average Bonchev–Trinajstić information content (AvgIpc) is 2.57. The third-order valence-corrected chi connectivity index (χ3v) is 4.13. The number of amides is 1. The summed E-state index contributed by atoms with van der Waals surface area (Å²) in [6.07, 6.45) is 0. The Morgan fingerprint density at radius 1 is 1.09 bits per heavy atom. The molecule has 5 heteroatoms. The molecule has 0 aliphatic heterocycles. The number of aryl methyl sites for hydroxylation is 1. The van der Waals surface area contributed by atoms with E-state index in [1.54, 1.807) is 18.9 Å². The van der Waals surface area contributed by atoms with Crippen LogP contribution in [0.4, 0.5) is 5.69 Å². The van der Waals surface area contributed by atoms with Crippen LogP contribution in [0.2, 0.25) is 0 Å². The minimum Gasteiger partial charge on any atom is -0.497 e. The first-order valence-electron chi connectivity index (χ1n) is 7.39. The van der Waals surface area contributed by atoms with Gasteiger partial charge in [0.05, 0.1) is 19.5 Å². The van der Waals surface area contributed by atoms with Crippen LogP contribution in [-0.4, -0.2) is 31.1 Å². The van der Waals surface area contributed by atoms with Gasteiger partial charge in [0.1, 0.15) is 11.5 Å². The lowest BCUT2D eigenvalue weighted by Crippen LogP contribution is -2.15. The van der Waals surface area contributed by atoms with Crippen molar-refractivity contribution in [1.82, 2.24) is 0 Å². The second kappa shape index (κ2) is 9.10. The molecule has 0 saturated carbocycles. The number of methoxy groups -OCH3 is 1. The van der Waals surface area contributed by atoms with Crippen molar-refractivity contribution >= 4 is 23.4 Å². The van der Waals surface area contributed by atoms with E-state index in [0.717, 1.165) is 28.5 Å². The zero-order chi connectivity index (χ0) is 16.5. The summed E-state index contributed by atoms with van der Waals surface area (Å²) in [5.74, 6) is 2.79. The molecule has 0 fully saturated rings. The predicted molar refractivity (Wildman–Crippen MR) is 95.6 cm³/mol. The normalized spacial score (nSPS) is 10.2. The van der Waals surface area contributed by atoms with Crippen LogP contribution in [0.1, 0.15) is 5.56 Å². The summed E-state index contributed by atoms with van der Waals surface area (Å²) in [7, 11) is 1.63. The minimum absolute atomic E-state index is 0.00810. The van der Waals surface area contributed by atoms with Crippen LogP contribution in [0.25, 0.3) is 0 Å². The maximum absolute atomic E-state index is 11.9. The number of nitrogens with one attached hydrogen (secondary N) is 1. The predicted octanol–water partition coefficient (Wildman–Crippen LogP) is 3.75. The van der Waals surface area contributed by atoms with Crippen molar-refractivity contribution in [2.45, 2.75) is 6.92 Å². The van der Waals surface area contributed by atoms with Crippen LogP contribution < -0.4 is 14.8 Å². The van der Waals surface area contributed by atoms with Gasteiger partial charge in [-0.3, -0.25) is 4.79 Å². The first-order chi connectivity index (χ1) is 11.2. The van der Waals surface area contributed by atoms with E-state index in [-0.39, 0.29) is 5.91 Å². The summed E-state index contributed by atoms with van der Waals surface area (Å²) in [6.45, 7) is 2.54. The number of carbonyl (C=O) groups excluding carboxylic acids is 1. The van der Waals surface area contributed by atoms with Crippen molar-refractivity contribution in [1.29, 1.82) is 0 Å². The summed E-state index contributed by atoms with van der Waals surface area (Å²) >= 11 is 1.55. The van der Waals surface area contributed by atoms with Crippen LogP contribution in [0.5, 0.6) is 11.5 Å². The molecule has 0 spiro atoms. The standard InChI is InChI=1S/C18H21NO3S/c1-14-5-3-4-6-17(14)19-18(20)13-23-12-11-22-16-9-7-15(21-2)8-10-16/h3-10H,11-13H2,1-2H3,(H,19,20). The maximum Gasteiger partial charge on any atom is 0.234 e. The third kappa shape index (κ3) is 5.87. The number of thioether (sulfide) groups is 1. The van der Waals surface area contributed by atoms with Gasteiger partial charge in [0.2, 0.25) is 5.91 Å². The Morgan fingerprint density at radius 3 is 2.48 bits per heavy atom. The van der Waals surface area contributed by atoms with Gasteiger partial charge in [-0.1, -0.05) is 18.2 Å². The van der Waals surface area contributed by atoms with E-state index >= 15 is 0 Å². The quantitative estimate of drug-likeness (QED) is 0.748. The summed E-state index contributed by atoms with van der Waals surface area (Å²) < 4.78 is 10.7. The number of para-hydroxylation sites is 1. The Labute approximate surface area is 141 Å². The zero-order valence-corrected chi connectivity index (χ0v) is 14.2. The minimum atomic E-state index is 0.00810. The number of hydrogen-bond acceptors (Lipinski definition) is 4. The van der Waals surface area contributed by atoms with Crippen LogP contribution in [-0.2, 0) is 4.79 Å². The smallest absolute Gasteiger partial charge is 0.234 e. The molecule has 2 aromatic rings. The summed E-state index contributed by atoms with van der Waals surface area (Å²) in [6, 6.07) is 15.2. The highest BCUT2D eigenvalue weighted by atomic mass is 32.2. The van der Waals surface area contributed by atoms with Gasteiger partial charge in [0.25, 0.3) is 0 Å². The molecule has 0 bridgehead atoms. The van der Waals surface area contributed by atoms with Crippen molar-refractivity contribution in [2.24, 2.45) is 0 Å². The maximum atomic E-state index is 11.9. The Hall–Kier alpha value is -2.14. The van der Waals surface area contributed by atoms with E-state index in [1.807, 2.05) is 55.5 Å². The molecule has 0 radical (unpaired) electrons. The zero-order valence-electron chi connectivity index (χ0n) is 13.4. The Balaban J connectivity index is 1.63. The highest BCUT2D eigenvalue weighted by molar-refractivity contribution is 7.99. The molecular formula is C18H21NO3S. The van der Waals surface area contributed by atoms with Gasteiger partial charge in [-0.2, -0.15) is 0 Å². The van der Waals surface area contributed by atoms with Crippen LogP contribution in [0, 0.1) is 6.92 Å². The molecule has 1 amide bonds. The first kappa shape index (κ1) is 17.2. The molecule has 4 nitrogen and oxygen atoms in total. The lowest BCUT2D eigenvalue weighted by atomic mass is 10.2. The summed E-state index contributed by atoms with van der Waals surface area (Å²) in [5, 5.41) is 2.92. The molecular weight excluding hydrogens is 310 g/mol. The lowest BCUT2D eigenvalue weighted by molar-refractivity contribution is -0.113. The van der Waals surface area contributed by atoms with Gasteiger partial charge in [0, 0.05) is 11.4 Å². The van der Waals surface area contributed by atoms with Crippen LogP contribution >= 0.6 is 11.8 Å². The molecule has 0 aliphatic carbocycles. The molecule has 23 heavy (non-hydrogen) atoms. The van der Waals surface area contributed by atoms with E-state index in [9.17, 15) is 4.79 Å². The van der Waals surface area contributed by atoms with Gasteiger partial charge in [-0.05, 0) is 42.8 Å². The number of ether oxygens (including phenoxy) is 2. The van der Waals surface area contributed by atoms with E-state index in [4.69, 9.17) is 9.47 Å². The van der Waals surface area contributed by atoms with Gasteiger partial charge in [0.15, 0.2) is 0 Å². The lowest BCUT2D eigenvalue weighted by Gasteiger charge is -2.09. The second-order valence-electron chi connectivity index (χ2n) is 4.94. The fraction of sp³-hybridized carbons (Fsp3) is 0.278. The van der Waals surface area contributed by atoms with Crippen LogP contribution in [0.3, 0.4) is 0 Å². The first-order valence-corrected chi connectivity index (χ1v) is 8.54. The Bertz CT molecular complexity index is 628. The fourth-order valence-electron chi connectivity index (χ4n) is 1.95. The van der Waals surface area contributed by atoms with Crippen molar-refractivity contribution < 1.29 is 14.3 Å². The van der Waals surface area contributed by atoms with E-state index in [0.29, 0.717) is 12.4 Å². The molecule has 0 aliphatic rings. The Kier molecular flexibility index (Phi) is 6.81. The molecule has 0 heterocycles. The van der Waals surface area contributed by atoms with Crippen molar-refractivity contribution in [3.05, 3.63) is 54.1 Å². The molecule has 0 saturated heterocycles. The number of hydrogen-bond donors (Lipinski definition) is 1. The number of benzene rings is 2. The van der Waals surface area contributed by atoms with Crippen molar-refractivity contribution in [3.63, 3.8) is 0 Å². The van der Waals surface area contributed by atoms with Gasteiger partial charge < -0.3 is 14.8 Å². The monoisotopic (exact) mass is 331 g/mol. The van der Waals surface area contributed by atoms with E-state index in [1.165, 1.54) is 0 Å². The molecule has 2 aromatic carbocycles. The van der Waals surface area contributed by atoms with Gasteiger partial charge in [-0.15, -0.1) is 11.8 Å². The van der Waals surface area contributed by atoms with Crippen molar-refractivity contribution in [3.8, 4) is 11.5 Å². The third-order valence-electron chi connectivity index (χ3n) is 3.21. The average molecular weight is 331 g/mol. The van der Waals surface area contributed by atoms with E-state index < -0.39 is 0 Å².